The number of ether oxygens (including phenoxy) is 1. The minimum atomic E-state index is -0.0638. The third-order valence-electron chi connectivity index (χ3n) is 4.80. The maximum Gasteiger partial charge on any atom is 0.253 e. The van der Waals surface area contributed by atoms with E-state index in [1.54, 1.807) is 0 Å². The summed E-state index contributed by atoms with van der Waals surface area (Å²) in [7, 11) is 1.95. The van der Waals surface area contributed by atoms with Crippen molar-refractivity contribution in [3.8, 4) is 0 Å². The number of nitrogens with one attached hydrogen (secondary N) is 1. The van der Waals surface area contributed by atoms with E-state index in [4.69, 9.17) is 9.26 Å². The van der Waals surface area contributed by atoms with Crippen LogP contribution in [0.1, 0.15) is 21.8 Å². The fraction of sp³-hybridized carbons (Fsp3) is 0.368. The molecule has 1 aliphatic rings. The summed E-state index contributed by atoms with van der Waals surface area (Å²) in [4.78, 5) is 12.8. The van der Waals surface area contributed by atoms with Crippen LogP contribution in [0.5, 0.6) is 0 Å². The lowest BCUT2D eigenvalue weighted by Gasteiger charge is -2.17. The second-order valence-corrected chi connectivity index (χ2v) is 6.69. The summed E-state index contributed by atoms with van der Waals surface area (Å²) >= 11 is 0. The number of aromatic nitrogens is 2. The number of rotatable bonds is 4. The fourth-order valence-electron chi connectivity index (χ4n) is 3.50. The number of aryl methyl sites for hydroxylation is 2. The number of hydrogen-bond acceptors (Lipinski definition) is 4. The van der Waals surface area contributed by atoms with Crippen molar-refractivity contribution in [2.45, 2.75) is 19.4 Å². The molecule has 1 aliphatic heterocycles. The molecule has 130 valence electrons. The van der Waals surface area contributed by atoms with Crippen LogP contribution in [-0.4, -0.2) is 34.9 Å². The Kier molecular flexibility index (Phi) is 4.05. The molecule has 1 aromatic carbocycles. The first-order valence-corrected chi connectivity index (χ1v) is 8.46. The van der Waals surface area contributed by atoms with Crippen molar-refractivity contribution in [1.82, 2.24) is 15.0 Å². The number of carbonyl (C=O) groups excluding carboxylic acids is 1. The topological polar surface area (TPSA) is 69.3 Å². The van der Waals surface area contributed by atoms with Gasteiger partial charge in [0.05, 0.1) is 30.5 Å². The molecule has 6 nitrogen and oxygen atoms in total. The monoisotopic (exact) mass is 339 g/mol. The van der Waals surface area contributed by atoms with Crippen LogP contribution in [0.25, 0.3) is 10.9 Å². The molecule has 0 saturated carbocycles. The summed E-state index contributed by atoms with van der Waals surface area (Å²) < 4.78 is 12.9. The Hall–Kier alpha value is -2.60. The van der Waals surface area contributed by atoms with Crippen molar-refractivity contribution in [2.75, 3.05) is 13.2 Å². The molecule has 3 heterocycles. The minimum Gasteiger partial charge on any atom is -0.379 e. The summed E-state index contributed by atoms with van der Waals surface area (Å²) in [5, 5.41) is 8.02. The van der Waals surface area contributed by atoms with Gasteiger partial charge in [-0.25, -0.2) is 0 Å². The van der Waals surface area contributed by atoms with E-state index in [1.165, 1.54) is 0 Å². The molecule has 0 spiro atoms. The van der Waals surface area contributed by atoms with E-state index < -0.39 is 0 Å². The largest absolute Gasteiger partial charge is 0.379 e. The molecule has 2 unspecified atom stereocenters. The zero-order chi connectivity index (χ0) is 17.4. The first-order valence-electron chi connectivity index (χ1n) is 8.46. The summed E-state index contributed by atoms with van der Waals surface area (Å²) in [6.45, 7) is 3.03. The van der Waals surface area contributed by atoms with Crippen LogP contribution in [0.15, 0.2) is 41.1 Å². The van der Waals surface area contributed by atoms with Crippen LogP contribution in [-0.2, 0) is 18.2 Å². The molecule has 4 rings (SSSR count). The van der Waals surface area contributed by atoms with E-state index >= 15 is 0 Å². The Labute approximate surface area is 145 Å². The van der Waals surface area contributed by atoms with Crippen LogP contribution in [0, 0.1) is 12.8 Å². The smallest absolute Gasteiger partial charge is 0.253 e. The Balaban J connectivity index is 1.51. The Morgan fingerprint density at radius 3 is 3.00 bits per heavy atom. The highest BCUT2D eigenvalue weighted by Gasteiger charge is 2.31. The zero-order valence-electron chi connectivity index (χ0n) is 14.4. The van der Waals surface area contributed by atoms with E-state index in [2.05, 4.69) is 10.5 Å². The molecule has 6 heteroatoms. The van der Waals surface area contributed by atoms with E-state index in [-0.39, 0.29) is 17.9 Å². The zero-order valence-corrected chi connectivity index (χ0v) is 14.4. The molecule has 2 aromatic heterocycles. The first kappa shape index (κ1) is 15.9. The van der Waals surface area contributed by atoms with Gasteiger partial charge in [-0.15, -0.1) is 0 Å². The second kappa shape index (κ2) is 6.37. The molecule has 1 fully saturated rings. The number of nitrogens with zero attached hydrogens (tertiary/aromatic N) is 2. The predicted molar refractivity (Wildman–Crippen MR) is 93.4 cm³/mol. The number of benzene rings is 1. The van der Waals surface area contributed by atoms with Gasteiger partial charge in [-0.3, -0.25) is 4.79 Å². The van der Waals surface area contributed by atoms with Gasteiger partial charge < -0.3 is 19.1 Å². The van der Waals surface area contributed by atoms with Crippen LogP contribution in [0.2, 0.25) is 0 Å². The van der Waals surface area contributed by atoms with Gasteiger partial charge >= 0.3 is 0 Å². The Bertz CT molecular complexity index is 912. The fourth-order valence-corrected chi connectivity index (χ4v) is 3.50. The Morgan fingerprint density at radius 2 is 2.20 bits per heavy atom. The highest BCUT2D eigenvalue weighted by atomic mass is 16.5. The highest BCUT2D eigenvalue weighted by Crippen LogP contribution is 2.23. The minimum absolute atomic E-state index is 0.0307. The van der Waals surface area contributed by atoms with Crippen LogP contribution in [0.3, 0.4) is 0 Å². The van der Waals surface area contributed by atoms with E-state index in [9.17, 15) is 4.79 Å². The van der Waals surface area contributed by atoms with Crippen LogP contribution < -0.4 is 5.32 Å². The average Bonchev–Trinajstić information content (AvgIpc) is 3.29. The van der Waals surface area contributed by atoms with E-state index in [0.717, 1.165) is 22.4 Å². The van der Waals surface area contributed by atoms with Crippen molar-refractivity contribution in [1.29, 1.82) is 0 Å². The molecule has 25 heavy (non-hydrogen) atoms. The van der Waals surface area contributed by atoms with Crippen molar-refractivity contribution < 1.29 is 14.1 Å². The third-order valence-corrected chi connectivity index (χ3v) is 4.80. The molecular weight excluding hydrogens is 318 g/mol. The highest BCUT2D eigenvalue weighted by molar-refractivity contribution is 6.07. The van der Waals surface area contributed by atoms with Crippen molar-refractivity contribution in [3.05, 3.63) is 53.5 Å². The van der Waals surface area contributed by atoms with E-state index in [1.807, 2.05) is 55.1 Å². The SMILES string of the molecule is Cc1cc(CC2COCC2NC(=O)c2cn(C)c3ccccc23)on1. The van der Waals surface area contributed by atoms with Gasteiger partial charge in [0.1, 0.15) is 5.76 Å². The van der Waals surface area contributed by atoms with Gasteiger partial charge in [-0.2, -0.15) is 0 Å². The van der Waals surface area contributed by atoms with Gasteiger partial charge in [-0.05, 0) is 13.0 Å². The van der Waals surface area contributed by atoms with Crippen molar-refractivity contribution in [2.24, 2.45) is 13.0 Å². The summed E-state index contributed by atoms with van der Waals surface area (Å²) in [5.74, 6) is 0.953. The first-order chi connectivity index (χ1) is 12.1. The van der Waals surface area contributed by atoms with Gasteiger partial charge in [-0.1, -0.05) is 23.4 Å². The van der Waals surface area contributed by atoms with Crippen LogP contribution >= 0.6 is 0 Å². The maximum atomic E-state index is 12.8. The predicted octanol–water partition coefficient (Wildman–Crippen LogP) is 2.46. The van der Waals surface area contributed by atoms with Crippen molar-refractivity contribution in [3.63, 3.8) is 0 Å². The summed E-state index contributed by atoms with van der Waals surface area (Å²) in [6.07, 6.45) is 2.59. The van der Waals surface area contributed by atoms with Crippen LogP contribution in [0.4, 0.5) is 0 Å². The lowest BCUT2D eigenvalue weighted by molar-refractivity contribution is 0.0926. The molecule has 1 amide bonds. The quantitative estimate of drug-likeness (QED) is 0.793. The molecule has 1 N–H and O–H groups in total. The lowest BCUT2D eigenvalue weighted by atomic mass is 9.98. The van der Waals surface area contributed by atoms with Gasteiger partial charge in [0, 0.05) is 42.6 Å². The molecular formula is C19H21N3O3. The maximum absolute atomic E-state index is 12.8. The number of para-hydroxylation sites is 1. The van der Waals surface area contributed by atoms with Gasteiger partial charge in [0.25, 0.3) is 5.91 Å². The second-order valence-electron chi connectivity index (χ2n) is 6.69. The number of amides is 1. The normalized spacial score (nSPS) is 20.2. The third kappa shape index (κ3) is 3.05. The number of carbonyl (C=O) groups is 1. The van der Waals surface area contributed by atoms with Gasteiger partial charge in [0.2, 0.25) is 0 Å². The number of fused-ring (bicyclic) bond motifs is 1. The Morgan fingerprint density at radius 1 is 1.36 bits per heavy atom. The summed E-state index contributed by atoms with van der Waals surface area (Å²) in [6, 6.07) is 9.82. The van der Waals surface area contributed by atoms with Gasteiger partial charge in [0.15, 0.2) is 0 Å². The molecule has 3 aromatic rings. The molecule has 1 saturated heterocycles. The lowest BCUT2D eigenvalue weighted by Crippen LogP contribution is -2.40. The molecule has 0 radical (unpaired) electrons. The standard InChI is InChI=1S/C19H21N3O3/c1-12-7-14(25-21-12)8-13-10-24-11-17(13)20-19(23)16-9-22(2)18-6-4-3-5-15(16)18/h3-7,9,13,17H,8,10-11H2,1-2H3,(H,20,23). The van der Waals surface area contributed by atoms with E-state index in [0.29, 0.717) is 25.2 Å². The van der Waals surface area contributed by atoms with Crippen molar-refractivity contribution >= 4 is 16.8 Å². The molecule has 0 bridgehead atoms. The number of hydrogen-bond donors (Lipinski definition) is 1. The average molecular weight is 339 g/mol. The summed E-state index contributed by atoms with van der Waals surface area (Å²) in [5.41, 5.74) is 2.61. The molecule has 0 aliphatic carbocycles. The molecule has 2 atom stereocenters.